The van der Waals surface area contributed by atoms with Gasteiger partial charge >= 0.3 is 0 Å². The van der Waals surface area contributed by atoms with Crippen LogP contribution in [0, 0.1) is 11.8 Å². The van der Waals surface area contributed by atoms with Gasteiger partial charge in [-0.25, -0.2) is 0 Å². The van der Waals surface area contributed by atoms with E-state index in [2.05, 4.69) is 21.7 Å². The van der Waals surface area contributed by atoms with Crippen LogP contribution in [-0.4, -0.2) is 14.8 Å². The van der Waals surface area contributed by atoms with E-state index in [-0.39, 0.29) is 0 Å². The second-order valence-corrected chi connectivity index (χ2v) is 5.51. The van der Waals surface area contributed by atoms with Crippen LogP contribution in [0.1, 0.15) is 50.9 Å². The van der Waals surface area contributed by atoms with Gasteiger partial charge in [-0.3, -0.25) is 4.57 Å². The summed E-state index contributed by atoms with van der Waals surface area (Å²) in [4.78, 5) is 0. The van der Waals surface area contributed by atoms with E-state index in [9.17, 15) is 0 Å². The maximum atomic E-state index is 6.21. The number of aromatic nitrogens is 3. The molecule has 0 atom stereocenters. The predicted molar refractivity (Wildman–Crippen MR) is 63.5 cm³/mol. The summed E-state index contributed by atoms with van der Waals surface area (Å²) >= 11 is 6.21. The highest BCUT2D eigenvalue weighted by atomic mass is 35.5. The van der Waals surface area contributed by atoms with Gasteiger partial charge in [0.25, 0.3) is 0 Å². The van der Waals surface area contributed by atoms with Crippen molar-refractivity contribution in [2.75, 3.05) is 0 Å². The van der Waals surface area contributed by atoms with E-state index in [1.54, 1.807) is 0 Å². The molecule has 0 aromatic carbocycles. The van der Waals surface area contributed by atoms with Crippen molar-refractivity contribution in [3.63, 3.8) is 0 Å². The van der Waals surface area contributed by atoms with E-state index in [0.29, 0.717) is 11.3 Å². The number of aryl methyl sites for hydroxylation is 1. The lowest BCUT2D eigenvalue weighted by atomic mass is 10.1. The highest BCUT2D eigenvalue weighted by Gasteiger charge is 2.44. The van der Waals surface area contributed by atoms with E-state index >= 15 is 0 Å². The normalized spacial score (nSPS) is 20.7. The van der Waals surface area contributed by atoms with Crippen molar-refractivity contribution in [3.8, 4) is 0 Å². The van der Waals surface area contributed by atoms with Gasteiger partial charge in [-0.05, 0) is 55.5 Å². The number of hydrogen-bond acceptors (Lipinski definition) is 2. The van der Waals surface area contributed by atoms with Gasteiger partial charge in [0, 0.05) is 12.5 Å². The smallest absolute Gasteiger partial charge is 0.225 e. The van der Waals surface area contributed by atoms with E-state index in [0.717, 1.165) is 30.5 Å². The van der Waals surface area contributed by atoms with Crippen molar-refractivity contribution in [1.29, 1.82) is 0 Å². The molecule has 0 radical (unpaired) electrons. The van der Waals surface area contributed by atoms with Crippen LogP contribution in [0.25, 0.3) is 0 Å². The van der Waals surface area contributed by atoms with Crippen LogP contribution in [0.2, 0.25) is 5.28 Å². The van der Waals surface area contributed by atoms with E-state index < -0.39 is 0 Å². The lowest BCUT2D eigenvalue weighted by Gasteiger charge is -2.20. The maximum Gasteiger partial charge on any atom is 0.225 e. The minimum Gasteiger partial charge on any atom is -0.298 e. The summed E-state index contributed by atoms with van der Waals surface area (Å²) in [5.74, 6) is 2.78. The molecule has 3 nitrogen and oxygen atoms in total. The molecule has 2 fully saturated rings. The molecule has 0 aliphatic heterocycles. The van der Waals surface area contributed by atoms with Gasteiger partial charge in [-0.15, -0.1) is 10.2 Å². The Balaban J connectivity index is 1.92. The Hall–Kier alpha value is -0.570. The quantitative estimate of drug-likeness (QED) is 0.790. The minimum atomic E-state index is 0.601. The Bertz CT molecular complexity index is 368. The molecule has 4 heteroatoms. The van der Waals surface area contributed by atoms with Gasteiger partial charge in [-0.2, -0.15) is 0 Å². The monoisotopic (exact) mass is 239 g/mol. The fourth-order valence-electron chi connectivity index (χ4n) is 2.67. The van der Waals surface area contributed by atoms with Gasteiger partial charge in [-0.1, -0.05) is 6.92 Å². The zero-order valence-electron chi connectivity index (χ0n) is 9.69. The summed E-state index contributed by atoms with van der Waals surface area (Å²) in [6.45, 7) is 2.18. The van der Waals surface area contributed by atoms with Crippen LogP contribution in [0.15, 0.2) is 0 Å². The minimum absolute atomic E-state index is 0.601. The largest absolute Gasteiger partial charge is 0.298 e. The Morgan fingerprint density at radius 1 is 1.25 bits per heavy atom. The zero-order valence-corrected chi connectivity index (χ0v) is 10.5. The van der Waals surface area contributed by atoms with Crippen molar-refractivity contribution in [1.82, 2.24) is 14.8 Å². The van der Waals surface area contributed by atoms with Gasteiger partial charge in [0.15, 0.2) is 0 Å². The fourth-order valence-corrected chi connectivity index (χ4v) is 2.92. The average Bonchev–Trinajstić information content (AvgIpc) is 3.14. The van der Waals surface area contributed by atoms with Crippen molar-refractivity contribution >= 4 is 11.6 Å². The first-order valence-electron chi connectivity index (χ1n) is 6.40. The summed E-state index contributed by atoms with van der Waals surface area (Å²) in [6.07, 6.45) is 7.55. The van der Waals surface area contributed by atoms with Gasteiger partial charge in [0.05, 0.1) is 0 Å². The van der Waals surface area contributed by atoms with Gasteiger partial charge in [0.1, 0.15) is 5.82 Å². The maximum absolute atomic E-state index is 6.21. The third-order valence-electron chi connectivity index (χ3n) is 3.71. The zero-order chi connectivity index (χ0) is 11.1. The molecule has 0 unspecified atom stereocenters. The molecule has 2 aliphatic rings. The average molecular weight is 240 g/mol. The molecule has 88 valence electrons. The third-order valence-corrected chi connectivity index (χ3v) is 3.96. The molecule has 0 bridgehead atoms. The van der Waals surface area contributed by atoms with Crippen LogP contribution >= 0.6 is 11.6 Å². The summed E-state index contributed by atoms with van der Waals surface area (Å²) in [6, 6.07) is 0.601. The fraction of sp³-hybridized carbons (Fsp3) is 0.833. The number of rotatable bonds is 5. The highest BCUT2D eigenvalue weighted by molar-refractivity contribution is 6.28. The molecule has 3 rings (SSSR count). The van der Waals surface area contributed by atoms with E-state index in [1.165, 1.54) is 25.7 Å². The first-order chi connectivity index (χ1) is 7.81. The molecule has 0 amide bonds. The van der Waals surface area contributed by atoms with Crippen LogP contribution in [-0.2, 0) is 6.42 Å². The highest BCUT2D eigenvalue weighted by Crippen LogP contribution is 2.52. The molecule has 0 saturated heterocycles. The number of hydrogen-bond donors (Lipinski definition) is 0. The van der Waals surface area contributed by atoms with E-state index in [1.807, 2.05) is 0 Å². The molecular formula is C12H18ClN3. The second kappa shape index (κ2) is 4.02. The van der Waals surface area contributed by atoms with Crippen molar-refractivity contribution < 1.29 is 0 Å². The lowest BCUT2D eigenvalue weighted by molar-refractivity contribution is 0.382. The summed E-state index contributed by atoms with van der Waals surface area (Å²) in [5.41, 5.74) is 0. The van der Waals surface area contributed by atoms with Crippen LogP contribution in [0.3, 0.4) is 0 Å². The van der Waals surface area contributed by atoms with Crippen molar-refractivity contribution in [3.05, 3.63) is 11.1 Å². The standard InChI is InChI=1S/C12H18ClN3/c1-2-3-10-14-15-12(13)16(10)11(8-4-5-8)9-6-7-9/h8-9,11H,2-7H2,1H3. The van der Waals surface area contributed by atoms with Crippen LogP contribution in [0.4, 0.5) is 0 Å². The Labute approximate surface area is 101 Å². The molecule has 16 heavy (non-hydrogen) atoms. The Morgan fingerprint density at radius 2 is 1.88 bits per heavy atom. The van der Waals surface area contributed by atoms with Gasteiger partial charge in [0.2, 0.25) is 5.28 Å². The van der Waals surface area contributed by atoms with Crippen molar-refractivity contribution in [2.24, 2.45) is 11.8 Å². The molecule has 2 aliphatic carbocycles. The van der Waals surface area contributed by atoms with Crippen LogP contribution in [0.5, 0.6) is 0 Å². The van der Waals surface area contributed by atoms with E-state index in [4.69, 9.17) is 11.6 Å². The van der Waals surface area contributed by atoms with Crippen molar-refractivity contribution in [2.45, 2.75) is 51.5 Å². The summed E-state index contributed by atoms with van der Waals surface area (Å²) in [5, 5.41) is 8.89. The first-order valence-corrected chi connectivity index (χ1v) is 6.78. The predicted octanol–water partition coefficient (Wildman–Crippen LogP) is 3.25. The third kappa shape index (κ3) is 1.86. The molecule has 2 saturated carbocycles. The topological polar surface area (TPSA) is 30.7 Å². The summed E-state index contributed by atoms with van der Waals surface area (Å²) < 4.78 is 2.24. The lowest BCUT2D eigenvalue weighted by Crippen LogP contribution is -2.16. The summed E-state index contributed by atoms with van der Waals surface area (Å²) in [7, 11) is 0. The number of nitrogens with zero attached hydrogens (tertiary/aromatic N) is 3. The molecule has 0 spiro atoms. The molecule has 0 N–H and O–H groups in total. The molecule has 1 heterocycles. The molecule has 1 aromatic rings. The number of halogens is 1. The Morgan fingerprint density at radius 3 is 2.38 bits per heavy atom. The SMILES string of the molecule is CCCc1nnc(Cl)n1C(C1CC1)C1CC1. The van der Waals surface area contributed by atoms with Crippen LogP contribution < -0.4 is 0 Å². The molecule has 1 aromatic heterocycles. The Kier molecular flexibility index (Phi) is 2.66. The molecular weight excluding hydrogens is 222 g/mol. The van der Waals surface area contributed by atoms with Gasteiger partial charge < -0.3 is 0 Å². The second-order valence-electron chi connectivity index (χ2n) is 5.17. The first kappa shape index (κ1) is 10.6.